The van der Waals surface area contributed by atoms with Crippen LogP contribution in [0.2, 0.25) is 0 Å². The Morgan fingerprint density at radius 2 is 2.16 bits per heavy atom. The summed E-state index contributed by atoms with van der Waals surface area (Å²) in [6, 6.07) is 6.82. The lowest BCUT2D eigenvalue weighted by molar-refractivity contribution is 0.101. The van der Waals surface area contributed by atoms with Gasteiger partial charge in [-0.05, 0) is 31.2 Å². The summed E-state index contributed by atoms with van der Waals surface area (Å²) in [5, 5.41) is 6.90. The quantitative estimate of drug-likeness (QED) is 0.821. The van der Waals surface area contributed by atoms with Crippen LogP contribution in [0.15, 0.2) is 24.3 Å². The van der Waals surface area contributed by atoms with Crippen LogP contribution in [0.5, 0.6) is 5.75 Å². The number of hydrogen-bond acceptors (Lipinski definition) is 4. The molecule has 0 spiro atoms. The Morgan fingerprint density at radius 1 is 1.42 bits per heavy atom. The number of nitrogens with one attached hydrogen (secondary N) is 1. The molecule has 1 aromatic carbocycles. The number of ether oxygens (including phenoxy) is 1. The van der Waals surface area contributed by atoms with Gasteiger partial charge in [-0.1, -0.05) is 0 Å². The molecule has 0 saturated heterocycles. The van der Waals surface area contributed by atoms with Crippen molar-refractivity contribution in [1.82, 2.24) is 9.78 Å². The highest BCUT2D eigenvalue weighted by molar-refractivity contribution is 6.03. The molecule has 0 atom stereocenters. The zero-order valence-electron chi connectivity index (χ0n) is 11.1. The highest BCUT2D eigenvalue weighted by Crippen LogP contribution is 2.24. The minimum atomic E-state index is -0.229. The standard InChI is InChI=1S/C13H16N4O2/c1-8-6-11(17(2)16-8)13(18)15-9-4-5-12(19-3)10(14)7-9/h4-7H,14H2,1-3H3,(H,15,18). The number of methoxy groups -OCH3 is 1. The van der Waals surface area contributed by atoms with Crippen LogP contribution in [0.1, 0.15) is 16.2 Å². The second kappa shape index (κ2) is 5.01. The molecule has 6 heteroatoms. The zero-order valence-corrected chi connectivity index (χ0v) is 11.1. The summed E-state index contributed by atoms with van der Waals surface area (Å²) in [5.41, 5.74) is 8.16. The number of anilines is 2. The summed E-state index contributed by atoms with van der Waals surface area (Å²) in [7, 11) is 3.27. The van der Waals surface area contributed by atoms with Gasteiger partial charge < -0.3 is 15.8 Å². The molecule has 2 aromatic rings. The predicted octanol–water partition coefficient (Wildman–Crippen LogP) is 1.57. The molecule has 6 nitrogen and oxygen atoms in total. The zero-order chi connectivity index (χ0) is 14.0. The third-order valence-corrected chi connectivity index (χ3v) is 2.72. The fourth-order valence-electron chi connectivity index (χ4n) is 1.83. The summed E-state index contributed by atoms with van der Waals surface area (Å²) < 4.78 is 6.60. The average molecular weight is 260 g/mol. The van der Waals surface area contributed by atoms with E-state index in [1.807, 2.05) is 6.92 Å². The van der Waals surface area contributed by atoms with Crippen LogP contribution in [-0.2, 0) is 7.05 Å². The van der Waals surface area contributed by atoms with Gasteiger partial charge in [0.15, 0.2) is 0 Å². The van der Waals surface area contributed by atoms with Crippen molar-refractivity contribution < 1.29 is 9.53 Å². The predicted molar refractivity (Wildman–Crippen MR) is 73.3 cm³/mol. The molecule has 0 fully saturated rings. The fourth-order valence-corrected chi connectivity index (χ4v) is 1.83. The summed E-state index contributed by atoms with van der Waals surface area (Å²) in [4.78, 5) is 12.1. The number of nitrogens with two attached hydrogens (primary N) is 1. The monoisotopic (exact) mass is 260 g/mol. The number of carbonyl (C=O) groups excluding carboxylic acids is 1. The first-order valence-corrected chi connectivity index (χ1v) is 5.76. The van der Waals surface area contributed by atoms with Gasteiger partial charge in [-0.25, -0.2) is 0 Å². The maximum atomic E-state index is 12.1. The lowest BCUT2D eigenvalue weighted by Crippen LogP contribution is -2.16. The summed E-state index contributed by atoms with van der Waals surface area (Å²) >= 11 is 0. The molecule has 3 N–H and O–H groups in total. The van der Waals surface area contributed by atoms with E-state index in [0.29, 0.717) is 22.8 Å². The Kier molecular flexibility index (Phi) is 3.41. The van der Waals surface area contributed by atoms with Gasteiger partial charge in [0.1, 0.15) is 11.4 Å². The summed E-state index contributed by atoms with van der Waals surface area (Å²) in [6.07, 6.45) is 0. The average Bonchev–Trinajstić information content (AvgIpc) is 2.69. The molecule has 0 unspecified atom stereocenters. The normalized spacial score (nSPS) is 10.3. The van der Waals surface area contributed by atoms with Crippen LogP contribution in [0.25, 0.3) is 0 Å². The Balaban J connectivity index is 2.19. The molecule has 1 aromatic heterocycles. The highest BCUT2D eigenvalue weighted by atomic mass is 16.5. The molecule has 100 valence electrons. The van der Waals surface area contributed by atoms with Crippen LogP contribution in [0.4, 0.5) is 11.4 Å². The highest BCUT2D eigenvalue weighted by Gasteiger charge is 2.12. The van der Waals surface area contributed by atoms with Crippen LogP contribution >= 0.6 is 0 Å². The lowest BCUT2D eigenvalue weighted by atomic mass is 10.2. The van der Waals surface area contributed by atoms with Crippen molar-refractivity contribution >= 4 is 17.3 Å². The minimum Gasteiger partial charge on any atom is -0.495 e. The van der Waals surface area contributed by atoms with Crippen molar-refractivity contribution in [3.8, 4) is 5.75 Å². The molecular formula is C13H16N4O2. The topological polar surface area (TPSA) is 82.2 Å². The first-order chi connectivity index (χ1) is 9.01. The number of benzene rings is 1. The van der Waals surface area contributed by atoms with E-state index < -0.39 is 0 Å². The van der Waals surface area contributed by atoms with E-state index in [0.717, 1.165) is 5.69 Å². The van der Waals surface area contributed by atoms with E-state index in [2.05, 4.69) is 10.4 Å². The van der Waals surface area contributed by atoms with Crippen molar-refractivity contribution in [2.75, 3.05) is 18.2 Å². The Labute approximate surface area is 111 Å². The number of rotatable bonds is 3. The van der Waals surface area contributed by atoms with Gasteiger partial charge in [0.2, 0.25) is 0 Å². The van der Waals surface area contributed by atoms with Crippen molar-refractivity contribution in [3.05, 3.63) is 35.7 Å². The van der Waals surface area contributed by atoms with Crippen molar-refractivity contribution in [3.63, 3.8) is 0 Å². The van der Waals surface area contributed by atoms with E-state index >= 15 is 0 Å². The van der Waals surface area contributed by atoms with Crippen LogP contribution in [0.3, 0.4) is 0 Å². The van der Waals surface area contributed by atoms with Gasteiger partial charge in [0, 0.05) is 12.7 Å². The third kappa shape index (κ3) is 2.67. The number of aromatic nitrogens is 2. The molecule has 0 radical (unpaired) electrons. The first kappa shape index (κ1) is 12.9. The Morgan fingerprint density at radius 3 is 2.68 bits per heavy atom. The van der Waals surface area contributed by atoms with Gasteiger partial charge in [-0.15, -0.1) is 0 Å². The summed E-state index contributed by atoms with van der Waals surface area (Å²) in [5.74, 6) is 0.349. The molecule has 19 heavy (non-hydrogen) atoms. The molecule has 0 aliphatic rings. The van der Waals surface area contributed by atoms with Crippen LogP contribution in [0, 0.1) is 6.92 Å². The number of aryl methyl sites for hydroxylation is 2. The first-order valence-electron chi connectivity index (χ1n) is 5.76. The van der Waals surface area contributed by atoms with Crippen molar-refractivity contribution in [2.45, 2.75) is 6.92 Å². The number of nitrogens with zero attached hydrogens (tertiary/aromatic N) is 2. The molecule has 0 bridgehead atoms. The Bertz CT molecular complexity index is 619. The van der Waals surface area contributed by atoms with Gasteiger partial charge in [-0.3, -0.25) is 9.48 Å². The van der Waals surface area contributed by atoms with E-state index in [4.69, 9.17) is 10.5 Å². The van der Waals surface area contributed by atoms with Gasteiger partial charge in [0.25, 0.3) is 5.91 Å². The second-order valence-corrected chi connectivity index (χ2v) is 4.21. The van der Waals surface area contributed by atoms with Gasteiger partial charge in [0.05, 0.1) is 18.5 Å². The maximum absolute atomic E-state index is 12.1. The molecule has 0 aliphatic heterocycles. The molecule has 2 rings (SSSR count). The van der Waals surface area contributed by atoms with Crippen molar-refractivity contribution in [2.24, 2.45) is 7.05 Å². The third-order valence-electron chi connectivity index (χ3n) is 2.72. The van der Waals surface area contributed by atoms with Gasteiger partial charge >= 0.3 is 0 Å². The van der Waals surface area contributed by atoms with E-state index in [1.165, 1.54) is 4.68 Å². The molecule has 0 saturated carbocycles. The Hall–Kier alpha value is -2.50. The summed E-state index contributed by atoms with van der Waals surface area (Å²) in [6.45, 7) is 1.84. The number of carbonyl (C=O) groups is 1. The smallest absolute Gasteiger partial charge is 0.273 e. The molecule has 1 heterocycles. The van der Waals surface area contributed by atoms with Crippen LogP contribution < -0.4 is 15.8 Å². The lowest BCUT2D eigenvalue weighted by Gasteiger charge is -2.08. The number of nitrogen functional groups attached to an aromatic ring is 1. The maximum Gasteiger partial charge on any atom is 0.273 e. The SMILES string of the molecule is COc1ccc(NC(=O)c2cc(C)nn2C)cc1N. The van der Waals surface area contributed by atoms with E-state index in [9.17, 15) is 4.79 Å². The number of amides is 1. The largest absolute Gasteiger partial charge is 0.495 e. The minimum absolute atomic E-state index is 0.229. The molecule has 0 aliphatic carbocycles. The van der Waals surface area contributed by atoms with E-state index in [-0.39, 0.29) is 5.91 Å². The van der Waals surface area contributed by atoms with Crippen molar-refractivity contribution in [1.29, 1.82) is 0 Å². The van der Waals surface area contributed by atoms with Crippen LogP contribution in [-0.4, -0.2) is 22.8 Å². The van der Waals surface area contributed by atoms with Gasteiger partial charge in [-0.2, -0.15) is 5.10 Å². The molecular weight excluding hydrogens is 244 g/mol. The fraction of sp³-hybridized carbons (Fsp3) is 0.231. The number of hydrogen-bond donors (Lipinski definition) is 2. The molecule has 1 amide bonds. The van der Waals surface area contributed by atoms with E-state index in [1.54, 1.807) is 38.4 Å². The second-order valence-electron chi connectivity index (χ2n) is 4.21.